The lowest BCUT2D eigenvalue weighted by Crippen LogP contribution is -2.52. The van der Waals surface area contributed by atoms with Gasteiger partial charge in [-0.25, -0.2) is 4.79 Å². The molecule has 0 aliphatic carbocycles. The molecule has 1 rings (SSSR count). The van der Waals surface area contributed by atoms with Crippen LogP contribution in [0.25, 0.3) is 0 Å². The minimum Gasteiger partial charge on any atom is -0.479 e. The predicted molar refractivity (Wildman–Crippen MR) is 30.5 cm³/mol. The quantitative estimate of drug-likeness (QED) is 0.490. The Kier molecular flexibility index (Phi) is 1.06. The van der Waals surface area contributed by atoms with Crippen LogP contribution in [0.3, 0.4) is 0 Å². The summed E-state index contributed by atoms with van der Waals surface area (Å²) in [6.07, 6.45) is 0.295. The van der Waals surface area contributed by atoms with Crippen LogP contribution in [0.4, 0.5) is 0 Å². The number of hydrogen-bond donors (Lipinski definition) is 2. The normalized spacial score (nSPS) is 40.0. The second-order valence-corrected chi connectivity index (χ2v) is 2.18. The first-order valence-electron chi connectivity index (χ1n) is 2.54. The number of carbonyl (C=O) groups is 1. The molecular formula is C5H7NO3. The van der Waals surface area contributed by atoms with Crippen LogP contribution in [0, 0.1) is 0 Å². The number of carboxylic acid groups (broad SMARTS) is 1. The van der Waals surface area contributed by atoms with Gasteiger partial charge < -0.3 is 10.2 Å². The molecule has 1 aliphatic heterocycles. The summed E-state index contributed by atoms with van der Waals surface area (Å²) < 4.78 is 0. The summed E-state index contributed by atoms with van der Waals surface area (Å²) in [6.45, 7) is 1.38. The van der Waals surface area contributed by atoms with Crippen molar-refractivity contribution in [3.8, 4) is 0 Å². The van der Waals surface area contributed by atoms with E-state index < -0.39 is 17.6 Å². The maximum atomic E-state index is 10.2. The molecule has 0 unspecified atom stereocenters. The van der Waals surface area contributed by atoms with E-state index in [1.807, 2.05) is 0 Å². The molecule has 1 heterocycles. The minimum atomic E-state index is -1.28. The zero-order valence-corrected chi connectivity index (χ0v) is 4.90. The van der Waals surface area contributed by atoms with Crippen molar-refractivity contribution in [2.45, 2.75) is 18.6 Å². The van der Waals surface area contributed by atoms with Gasteiger partial charge in [-0.3, -0.25) is 4.99 Å². The molecule has 0 spiro atoms. The average molecular weight is 129 g/mol. The largest absolute Gasteiger partial charge is 0.479 e. The van der Waals surface area contributed by atoms with Gasteiger partial charge in [0.1, 0.15) is 6.10 Å². The van der Waals surface area contributed by atoms with Crippen LogP contribution in [-0.2, 0) is 4.79 Å². The molecule has 0 saturated carbocycles. The maximum Gasteiger partial charge on any atom is 0.334 e. The highest BCUT2D eigenvalue weighted by molar-refractivity contribution is 5.92. The molecule has 0 aromatic carbocycles. The van der Waals surface area contributed by atoms with E-state index >= 15 is 0 Å². The van der Waals surface area contributed by atoms with Gasteiger partial charge in [0.05, 0.1) is 0 Å². The van der Waals surface area contributed by atoms with Gasteiger partial charge in [-0.2, -0.15) is 0 Å². The Morgan fingerprint density at radius 1 is 1.89 bits per heavy atom. The lowest BCUT2D eigenvalue weighted by Gasteiger charge is -2.30. The molecule has 50 valence electrons. The van der Waals surface area contributed by atoms with Crippen LogP contribution in [0.1, 0.15) is 6.92 Å². The van der Waals surface area contributed by atoms with Crippen LogP contribution in [-0.4, -0.2) is 34.0 Å². The number of aliphatic hydroxyl groups is 1. The molecule has 4 nitrogen and oxygen atoms in total. The van der Waals surface area contributed by atoms with Gasteiger partial charge in [0.2, 0.25) is 0 Å². The monoisotopic (exact) mass is 129 g/mol. The number of aliphatic imine (C=N–C) groups is 1. The SMILES string of the molecule is C[C@@]1(C(=O)O)N=C[C@@H]1O. The molecule has 0 fully saturated rings. The number of carboxylic acids is 1. The Bertz CT molecular complexity index is 177. The number of hydrogen-bond acceptors (Lipinski definition) is 3. The fourth-order valence-electron chi connectivity index (χ4n) is 0.547. The van der Waals surface area contributed by atoms with Gasteiger partial charge >= 0.3 is 5.97 Å². The van der Waals surface area contributed by atoms with Crippen LogP contribution in [0.15, 0.2) is 4.99 Å². The molecule has 2 atom stereocenters. The molecule has 0 bridgehead atoms. The van der Waals surface area contributed by atoms with Crippen molar-refractivity contribution in [2.24, 2.45) is 4.99 Å². The molecule has 0 aromatic rings. The Morgan fingerprint density at radius 2 is 2.44 bits per heavy atom. The van der Waals surface area contributed by atoms with Crippen molar-refractivity contribution in [3.05, 3.63) is 0 Å². The molecule has 4 heteroatoms. The molecule has 0 aromatic heterocycles. The third kappa shape index (κ3) is 0.632. The van der Waals surface area contributed by atoms with E-state index in [1.165, 1.54) is 13.1 Å². The first-order valence-corrected chi connectivity index (χ1v) is 2.54. The number of aliphatic carboxylic acids is 1. The summed E-state index contributed by atoms with van der Waals surface area (Å²) in [6, 6.07) is 0. The van der Waals surface area contributed by atoms with Gasteiger partial charge in [-0.1, -0.05) is 0 Å². The fourth-order valence-corrected chi connectivity index (χ4v) is 0.547. The van der Waals surface area contributed by atoms with Gasteiger partial charge in [-0.15, -0.1) is 0 Å². The van der Waals surface area contributed by atoms with E-state index in [-0.39, 0.29) is 0 Å². The Hall–Kier alpha value is -0.900. The smallest absolute Gasteiger partial charge is 0.334 e. The molecule has 0 amide bonds. The summed E-state index contributed by atoms with van der Waals surface area (Å²) in [7, 11) is 0. The Morgan fingerprint density at radius 3 is 2.44 bits per heavy atom. The van der Waals surface area contributed by atoms with E-state index in [1.54, 1.807) is 0 Å². The third-order valence-corrected chi connectivity index (χ3v) is 1.49. The van der Waals surface area contributed by atoms with E-state index in [9.17, 15) is 4.79 Å². The summed E-state index contributed by atoms with van der Waals surface area (Å²) >= 11 is 0. The predicted octanol–water partition coefficient (Wildman–Crippen LogP) is -0.725. The van der Waals surface area contributed by atoms with Gasteiger partial charge in [0.15, 0.2) is 5.54 Å². The first kappa shape index (κ1) is 6.22. The van der Waals surface area contributed by atoms with E-state index in [2.05, 4.69) is 4.99 Å². The highest BCUT2D eigenvalue weighted by Crippen LogP contribution is 2.21. The van der Waals surface area contributed by atoms with Crippen LogP contribution in [0.2, 0.25) is 0 Å². The van der Waals surface area contributed by atoms with Crippen LogP contribution < -0.4 is 0 Å². The van der Waals surface area contributed by atoms with Crippen molar-refractivity contribution >= 4 is 12.2 Å². The molecule has 1 aliphatic rings. The zero-order valence-electron chi connectivity index (χ0n) is 4.90. The molecule has 0 saturated heterocycles. The molecule has 2 N–H and O–H groups in total. The van der Waals surface area contributed by atoms with Crippen LogP contribution >= 0.6 is 0 Å². The number of rotatable bonds is 1. The summed E-state index contributed by atoms with van der Waals surface area (Å²) in [5.74, 6) is -1.09. The highest BCUT2D eigenvalue weighted by atomic mass is 16.4. The summed E-state index contributed by atoms with van der Waals surface area (Å²) in [5.41, 5.74) is -1.28. The molecule has 0 radical (unpaired) electrons. The molecule has 9 heavy (non-hydrogen) atoms. The molecular weight excluding hydrogens is 122 g/mol. The zero-order chi connectivity index (χ0) is 7.07. The summed E-state index contributed by atoms with van der Waals surface area (Å²) in [4.78, 5) is 13.7. The standard InChI is InChI=1S/C5H7NO3/c1-5(4(8)9)3(7)2-6-5/h2-3,7H,1H3,(H,8,9)/t3-,5+/m0/s1. The van der Waals surface area contributed by atoms with Crippen molar-refractivity contribution in [1.82, 2.24) is 0 Å². The van der Waals surface area contributed by atoms with Gasteiger partial charge in [0.25, 0.3) is 0 Å². The van der Waals surface area contributed by atoms with Crippen molar-refractivity contribution in [3.63, 3.8) is 0 Å². The van der Waals surface area contributed by atoms with E-state index in [0.29, 0.717) is 0 Å². The Labute approximate surface area is 51.8 Å². The second kappa shape index (κ2) is 1.54. The number of nitrogens with zero attached hydrogens (tertiary/aromatic N) is 1. The van der Waals surface area contributed by atoms with Crippen LogP contribution in [0.5, 0.6) is 0 Å². The Balaban J connectivity index is 2.79. The average Bonchev–Trinajstić information content (AvgIpc) is 1.82. The highest BCUT2D eigenvalue weighted by Gasteiger charge is 2.45. The van der Waals surface area contributed by atoms with E-state index in [0.717, 1.165) is 0 Å². The van der Waals surface area contributed by atoms with Gasteiger partial charge in [-0.05, 0) is 6.92 Å². The minimum absolute atomic E-state index is 0.921. The first-order chi connectivity index (χ1) is 4.07. The topological polar surface area (TPSA) is 69.9 Å². The lowest BCUT2D eigenvalue weighted by molar-refractivity contribution is -0.146. The number of aliphatic hydroxyl groups excluding tert-OH is 1. The maximum absolute atomic E-state index is 10.2. The second-order valence-electron chi connectivity index (χ2n) is 2.18. The van der Waals surface area contributed by atoms with Crippen molar-refractivity contribution < 1.29 is 15.0 Å². The van der Waals surface area contributed by atoms with Crippen molar-refractivity contribution in [1.29, 1.82) is 0 Å². The lowest BCUT2D eigenvalue weighted by atomic mass is 9.91. The van der Waals surface area contributed by atoms with Gasteiger partial charge in [0, 0.05) is 6.21 Å². The van der Waals surface area contributed by atoms with Crippen molar-refractivity contribution in [2.75, 3.05) is 0 Å². The summed E-state index contributed by atoms with van der Waals surface area (Å²) in [5, 5.41) is 17.2. The fraction of sp³-hybridized carbons (Fsp3) is 0.600. The third-order valence-electron chi connectivity index (χ3n) is 1.49. The van der Waals surface area contributed by atoms with E-state index in [4.69, 9.17) is 10.2 Å².